The predicted molar refractivity (Wildman–Crippen MR) is 126 cm³/mol. The minimum absolute atomic E-state index is 0.477. The number of anilines is 5. The maximum Gasteiger partial charge on any atom is 0.229 e. The fraction of sp³-hybridized carbons (Fsp3) is 0.304. The molecule has 0 radical (unpaired) electrons. The molecule has 2 heterocycles. The fourth-order valence-corrected chi connectivity index (χ4v) is 3.68. The molecule has 0 unspecified atom stereocenters. The molecule has 156 valence electrons. The average molecular weight is 423 g/mol. The monoisotopic (exact) mass is 422 g/mol. The summed E-state index contributed by atoms with van der Waals surface area (Å²) in [5.41, 5.74) is 4.28. The molecular weight excluding hydrogens is 396 g/mol. The van der Waals surface area contributed by atoms with Crippen LogP contribution in [0.3, 0.4) is 0 Å². The molecule has 4 rings (SSSR count). The summed E-state index contributed by atoms with van der Waals surface area (Å²) in [4.78, 5) is 13.7. The third-order valence-corrected chi connectivity index (χ3v) is 5.63. The fourth-order valence-electron chi connectivity index (χ4n) is 3.55. The van der Waals surface area contributed by atoms with Gasteiger partial charge in [0, 0.05) is 36.7 Å². The highest BCUT2D eigenvalue weighted by Gasteiger charge is 2.13. The second-order valence-electron chi connectivity index (χ2n) is 7.65. The summed E-state index contributed by atoms with van der Waals surface area (Å²) in [7, 11) is 2.19. The SMILES string of the molecule is Cc1ccccc1Nc1nc(Nc2ccc(N3CCCN(C)CC3)cc2)ncc1Cl. The van der Waals surface area contributed by atoms with Crippen LogP contribution in [0.15, 0.2) is 54.7 Å². The van der Waals surface area contributed by atoms with Crippen LogP contribution in [0.4, 0.5) is 28.8 Å². The van der Waals surface area contributed by atoms with Gasteiger partial charge in [0.05, 0.1) is 6.20 Å². The van der Waals surface area contributed by atoms with Crippen molar-refractivity contribution in [2.24, 2.45) is 0 Å². The van der Waals surface area contributed by atoms with E-state index in [1.165, 1.54) is 12.1 Å². The average Bonchev–Trinajstić information content (AvgIpc) is 2.97. The van der Waals surface area contributed by atoms with Crippen molar-refractivity contribution < 1.29 is 0 Å². The molecule has 1 aliphatic rings. The largest absolute Gasteiger partial charge is 0.370 e. The Hall–Kier alpha value is -2.83. The molecule has 2 aromatic carbocycles. The van der Waals surface area contributed by atoms with E-state index in [0.717, 1.165) is 43.1 Å². The Morgan fingerprint density at radius 2 is 1.73 bits per heavy atom. The molecule has 0 spiro atoms. The standard InChI is InChI=1S/C23H27ClN6/c1-17-6-3-4-7-21(17)27-22-20(24)16-25-23(28-22)26-18-8-10-19(11-9-18)30-13-5-12-29(2)14-15-30/h3-4,6-11,16H,5,12-15H2,1-2H3,(H2,25,26,27,28). The van der Waals surface area contributed by atoms with E-state index in [1.54, 1.807) is 6.20 Å². The van der Waals surface area contributed by atoms with Crippen molar-refractivity contribution in [1.29, 1.82) is 0 Å². The van der Waals surface area contributed by atoms with Crippen molar-refractivity contribution in [2.45, 2.75) is 13.3 Å². The number of rotatable bonds is 5. The van der Waals surface area contributed by atoms with E-state index in [2.05, 4.69) is 61.7 Å². The van der Waals surface area contributed by atoms with Crippen molar-refractivity contribution in [3.05, 3.63) is 65.3 Å². The van der Waals surface area contributed by atoms with Crippen molar-refractivity contribution in [3.63, 3.8) is 0 Å². The molecule has 30 heavy (non-hydrogen) atoms. The van der Waals surface area contributed by atoms with Crippen LogP contribution >= 0.6 is 11.6 Å². The molecule has 2 N–H and O–H groups in total. The first-order chi connectivity index (χ1) is 14.6. The van der Waals surface area contributed by atoms with Crippen molar-refractivity contribution >= 4 is 40.4 Å². The van der Waals surface area contributed by atoms with E-state index < -0.39 is 0 Å². The normalized spacial score (nSPS) is 15.0. The second-order valence-corrected chi connectivity index (χ2v) is 8.05. The Morgan fingerprint density at radius 3 is 2.53 bits per heavy atom. The van der Waals surface area contributed by atoms with E-state index in [9.17, 15) is 0 Å². The molecule has 0 saturated carbocycles. The summed E-state index contributed by atoms with van der Waals surface area (Å²) in [6.45, 7) is 6.43. The lowest BCUT2D eigenvalue weighted by molar-refractivity contribution is 0.360. The van der Waals surface area contributed by atoms with Crippen LogP contribution in [0, 0.1) is 6.92 Å². The zero-order valence-corrected chi connectivity index (χ0v) is 18.2. The predicted octanol–water partition coefficient (Wildman–Crippen LogP) is 5.07. The number of nitrogens with zero attached hydrogens (tertiary/aromatic N) is 4. The van der Waals surface area contributed by atoms with Crippen molar-refractivity contribution in [1.82, 2.24) is 14.9 Å². The molecule has 0 bridgehead atoms. The smallest absolute Gasteiger partial charge is 0.229 e. The van der Waals surface area contributed by atoms with Crippen LogP contribution in [0.5, 0.6) is 0 Å². The minimum Gasteiger partial charge on any atom is -0.370 e. The topological polar surface area (TPSA) is 56.3 Å². The second kappa shape index (κ2) is 9.32. The Kier molecular flexibility index (Phi) is 6.35. The van der Waals surface area contributed by atoms with E-state index in [1.807, 2.05) is 31.2 Å². The lowest BCUT2D eigenvalue weighted by atomic mass is 10.2. The molecule has 0 amide bonds. The van der Waals surface area contributed by atoms with Gasteiger partial charge in [0.2, 0.25) is 5.95 Å². The summed E-state index contributed by atoms with van der Waals surface area (Å²) < 4.78 is 0. The summed E-state index contributed by atoms with van der Waals surface area (Å²) in [6, 6.07) is 16.5. The first-order valence-electron chi connectivity index (χ1n) is 10.2. The summed E-state index contributed by atoms with van der Waals surface area (Å²) in [5.74, 6) is 1.08. The van der Waals surface area contributed by atoms with Gasteiger partial charge in [-0.25, -0.2) is 4.98 Å². The van der Waals surface area contributed by atoms with Gasteiger partial charge in [-0.3, -0.25) is 0 Å². The third kappa shape index (κ3) is 5.01. The van der Waals surface area contributed by atoms with Crippen LogP contribution in [-0.4, -0.2) is 48.1 Å². The van der Waals surface area contributed by atoms with Crippen LogP contribution < -0.4 is 15.5 Å². The van der Waals surface area contributed by atoms with Crippen LogP contribution in [-0.2, 0) is 0 Å². The molecule has 0 aliphatic carbocycles. The number of halogens is 1. The highest BCUT2D eigenvalue weighted by Crippen LogP contribution is 2.27. The van der Waals surface area contributed by atoms with Crippen LogP contribution in [0.2, 0.25) is 5.02 Å². The minimum atomic E-state index is 0.477. The van der Waals surface area contributed by atoms with Crippen LogP contribution in [0.1, 0.15) is 12.0 Å². The molecule has 7 heteroatoms. The third-order valence-electron chi connectivity index (χ3n) is 5.35. The molecule has 1 aromatic heterocycles. The number of hydrogen-bond acceptors (Lipinski definition) is 6. The maximum absolute atomic E-state index is 6.31. The Bertz CT molecular complexity index is 991. The van der Waals surface area contributed by atoms with Gasteiger partial charge in [-0.15, -0.1) is 0 Å². The summed E-state index contributed by atoms with van der Waals surface area (Å²) in [5, 5.41) is 7.05. The first-order valence-corrected chi connectivity index (χ1v) is 10.6. The number of aromatic nitrogens is 2. The van der Waals surface area contributed by atoms with E-state index >= 15 is 0 Å². The molecule has 1 aliphatic heterocycles. The Balaban J connectivity index is 1.46. The zero-order chi connectivity index (χ0) is 20.9. The van der Waals surface area contributed by atoms with Gasteiger partial charge in [-0.2, -0.15) is 4.98 Å². The van der Waals surface area contributed by atoms with Gasteiger partial charge in [0.1, 0.15) is 5.02 Å². The number of nitrogens with one attached hydrogen (secondary N) is 2. The molecule has 6 nitrogen and oxygen atoms in total. The maximum atomic E-state index is 6.31. The van der Waals surface area contributed by atoms with E-state index in [-0.39, 0.29) is 0 Å². The lowest BCUT2D eigenvalue weighted by Crippen LogP contribution is -2.28. The molecular formula is C23H27ClN6. The van der Waals surface area contributed by atoms with Gasteiger partial charge < -0.3 is 20.4 Å². The van der Waals surface area contributed by atoms with E-state index in [4.69, 9.17) is 11.6 Å². The number of benzene rings is 2. The lowest BCUT2D eigenvalue weighted by Gasteiger charge is -2.23. The quantitative estimate of drug-likeness (QED) is 0.598. The number of hydrogen-bond donors (Lipinski definition) is 2. The molecule has 1 saturated heterocycles. The zero-order valence-electron chi connectivity index (χ0n) is 17.4. The van der Waals surface area contributed by atoms with Gasteiger partial charge in [0.15, 0.2) is 5.82 Å². The first kappa shape index (κ1) is 20.4. The summed E-state index contributed by atoms with van der Waals surface area (Å²) >= 11 is 6.31. The molecule has 1 fully saturated rings. The number of aryl methyl sites for hydroxylation is 1. The molecule has 3 aromatic rings. The van der Waals surface area contributed by atoms with E-state index in [0.29, 0.717) is 16.8 Å². The van der Waals surface area contributed by atoms with Gasteiger partial charge in [-0.05, 0) is 62.8 Å². The van der Waals surface area contributed by atoms with Crippen molar-refractivity contribution in [3.8, 4) is 0 Å². The number of para-hydroxylation sites is 1. The summed E-state index contributed by atoms with van der Waals surface area (Å²) in [6.07, 6.45) is 2.80. The Morgan fingerprint density at radius 1 is 0.933 bits per heavy atom. The molecule has 0 atom stereocenters. The van der Waals surface area contributed by atoms with Crippen molar-refractivity contribution in [2.75, 3.05) is 48.8 Å². The van der Waals surface area contributed by atoms with Gasteiger partial charge in [-0.1, -0.05) is 29.8 Å². The Labute approximate surface area is 182 Å². The van der Waals surface area contributed by atoms with Gasteiger partial charge >= 0.3 is 0 Å². The number of likely N-dealkylation sites (N-methyl/N-ethyl adjacent to an activating group) is 1. The van der Waals surface area contributed by atoms with Crippen LogP contribution in [0.25, 0.3) is 0 Å². The highest BCUT2D eigenvalue weighted by molar-refractivity contribution is 6.32. The van der Waals surface area contributed by atoms with Gasteiger partial charge in [0.25, 0.3) is 0 Å². The highest BCUT2D eigenvalue weighted by atomic mass is 35.5.